The van der Waals surface area contributed by atoms with Crippen molar-refractivity contribution in [2.45, 2.75) is 215 Å². The molecule has 6 aliphatic rings. The van der Waals surface area contributed by atoms with Gasteiger partial charge in [0.25, 0.3) is 0 Å². The molecule has 0 unspecified atom stereocenters. The van der Waals surface area contributed by atoms with Crippen LogP contribution in [-0.4, -0.2) is 29.2 Å². The van der Waals surface area contributed by atoms with Crippen molar-refractivity contribution in [1.82, 2.24) is 0 Å². The van der Waals surface area contributed by atoms with Crippen LogP contribution in [0.3, 0.4) is 0 Å². The molecule has 13 aromatic rings. The molecule has 19 rings (SSSR count). The maximum Gasteiger partial charge on any atom is 0.166 e. The molecule has 6 nitrogen and oxygen atoms in total. The van der Waals surface area contributed by atoms with Gasteiger partial charge >= 0.3 is 245 Å². The zero-order chi connectivity index (χ0) is 95.1. The molecule has 133 heavy (non-hydrogen) atoms. The van der Waals surface area contributed by atoms with Crippen molar-refractivity contribution in [3.63, 3.8) is 0 Å². The van der Waals surface area contributed by atoms with Gasteiger partial charge < -0.3 is 20.4 Å². The summed E-state index contributed by atoms with van der Waals surface area (Å²) < 4.78 is 167. The Bertz CT molecular complexity index is 6510. The number of aromatic hydroxyl groups is 4. The third-order valence-corrected chi connectivity index (χ3v) is 31.6. The van der Waals surface area contributed by atoms with Gasteiger partial charge in [0.15, 0.2) is 46.3 Å². The minimum atomic E-state index is -4.36. The van der Waals surface area contributed by atoms with Crippen LogP contribution in [0.2, 0.25) is 10.0 Å². The third-order valence-electron chi connectivity index (χ3n) is 25.9. The number of nitrogens with zero attached hydrogens (tertiary/aromatic N) is 2. The Morgan fingerprint density at radius 3 is 1.14 bits per heavy atom. The number of fused-ring (bicyclic) bond motifs is 8. The van der Waals surface area contributed by atoms with Crippen molar-refractivity contribution in [1.29, 1.82) is 0 Å². The van der Waals surface area contributed by atoms with Crippen LogP contribution in [0, 0.1) is 79.6 Å². The van der Waals surface area contributed by atoms with Gasteiger partial charge in [0, 0.05) is 22.3 Å². The van der Waals surface area contributed by atoms with Gasteiger partial charge in [-0.25, -0.2) is 35.1 Å². The Morgan fingerprint density at radius 1 is 0.338 bits per heavy atom. The van der Waals surface area contributed by atoms with Gasteiger partial charge in [0.1, 0.15) is 23.3 Å². The van der Waals surface area contributed by atoms with Gasteiger partial charge in [-0.05, 0) is 350 Å². The van der Waals surface area contributed by atoms with Crippen LogP contribution in [-0.2, 0) is 118 Å². The van der Waals surface area contributed by atoms with Crippen LogP contribution in [0.5, 0.6) is 23.0 Å². The Morgan fingerprint density at radius 2 is 0.684 bits per heavy atom. The van der Waals surface area contributed by atoms with E-state index in [1.165, 1.54) is 42.5 Å². The molecular formula is C112H107Cl2F11Mo2N2O4. The van der Waals surface area contributed by atoms with Crippen LogP contribution in [0.25, 0.3) is 72.1 Å². The van der Waals surface area contributed by atoms with Crippen LogP contribution in [0.1, 0.15) is 205 Å². The number of aryl methyl sites for hydroxylation is 6. The number of alkyl halides is 3. The SMILES string of the molecule is CC(C)(C)[CH]=[Mo]=[N]c1c(Cl)cccc1Cl.CC(C)([CH]=[Mo]=[N]c1ccccc1C(F)(F)F)c1ccccc1.Cc1c(F)cc2c(c1-c1c(O)c(F)cc3c1CCCC3)CCCC2.Cc1c(F)cc2c(c1-c1c(O)c(F)cc3c1CCCC3)CCCC2.Cc1c(F)cc2c(c1-c1c(O)c(F)cc3ccccc13)CCCC2.Cc1c(F)cc2ccccc2c1-c1c(O)c(F)cc2c1C=CCC2. The molecule has 0 aliphatic heterocycles. The van der Waals surface area contributed by atoms with E-state index < -0.39 is 82.3 Å². The van der Waals surface area contributed by atoms with Crippen LogP contribution in [0.15, 0.2) is 183 Å². The maximum atomic E-state index is 14.5. The van der Waals surface area contributed by atoms with Crippen molar-refractivity contribution in [3.05, 3.63) is 333 Å². The zero-order valence-corrected chi connectivity index (χ0v) is 81.5. The van der Waals surface area contributed by atoms with Crippen molar-refractivity contribution in [3.8, 4) is 67.5 Å². The number of hydrogen-bond acceptors (Lipinski definition) is 6. The molecule has 4 N–H and O–H groups in total. The van der Waals surface area contributed by atoms with Crippen molar-refractivity contribution in [2.24, 2.45) is 12.4 Å². The van der Waals surface area contributed by atoms with Crippen molar-refractivity contribution in [2.75, 3.05) is 0 Å². The Labute approximate surface area is 797 Å². The molecule has 0 spiro atoms. The fourth-order valence-electron chi connectivity index (χ4n) is 19.1. The number of phenols is 4. The average molecular weight is 2020 g/mol. The summed E-state index contributed by atoms with van der Waals surface area (Å²) in [6, 6.07) is 47.6. The largest absolute Gasteiger partial charge is 0.504 e. The molecule has 0 radical (unpaired) electrons. The summed E-state index contributed by atoms with van der Waals surface area (Å²) >= 11 is 10.5. The summed E-state index contributed by atoms with van der Waals surface area (Å²) in [5.41, 5.74) is 19.7. The van der Waals surface area contributed by atoms with E-state index in [-0.39, 0.29) is 51.3 Å². The average Bonchev–Trinajstić information content (AvgIpc) is 0.758. The molecule has 692 valence electrons. The molecular weight excluding hydrogens is 1910 g/mol. The first-order valence-corrected chi connectivity index (χ1v) is 50.3. The van der Waals surface area contributed by atoms with E-state index >= 15 is 0 Å². The molecule has 6 aliphatic carbocycles. The number of phenolic OH excluding ortho intramolecular Hbond substituents is 4. The van der Waals surface area contributed by atoms with E-state index in [9.17, 15) is 68.7 Å². The number of allylic oxidation sites excluding steroid dienone is 1. The first-order chi connectivity index (χ1) is 63.5. The van der Waals surface area contributed by atoms with Gasteiger partial charge in [-0.3, -0.25) is 0 Å². The third kappa shape index (κ3) is 22.2. The van der Waals surface area contributed by atoms with Crippen LogP contribution in [0.4, 0.5) is 59.7 Å². The molecule has 0 atom stereocenters. The number of benzene rings is 13. The summed E-state index contributed by atoms with van der Waals surface area (Å²) in [6.07, 6.45) is 19.9. The topological polar surface area (TPSA) is 106 Å². The van der Waals surface area contributed by atoms with E-state index in [0.717, 1.165) is 246 Å². The molecule has 13 aromatic carbocycles. The van der Waals surface area contributed by atoms with Crippen molar-refractivity contribution >= 4 is 71.0 Å². The smallest absolute Gasteiger partial charge is 0.166 e. The molecule has 21 heteroatoms. The molecule has 0 fully saturated rings. The predicted octanol–water partition coefficient (Wildman–Crippen LogP) is 32.4. The maximum absolute atomic E-state index is 14.5. The van der Waals surface area contributed by atoms with Crippen LogP contribution < -0.4 is 0 Å². The van der Waals surface area contributed by atoms with Gasteiger partial charge in [-0.2, -0.15) is 0 Å². The number of rotatable bonds is 8. The minimum Gasteiger partial charge on any atom is -0.504 e. The van der Waals surface area contributed by atoms with E-state index in [4.69, 9.17) is 23.2 Å². The minimum absolute atomic E-state index is 0.0394. The van der Waals surface area contributed by atoms with E-state index in [2.05, 4.69) is 50.4 Å². The zero-order valence-electron chi connectivity index (χ0n) is 75.9. The summed E-state index contributed by atoms with van der Waals surface area (Å²) in [5.74, 6) is -5.08. The first kappa shape index (κ1) is 98.8. The monoisotopic (exact) mass is 2020 g/mol. The standard InChI is InChI=1S/2C21H22F2O.C21H18F2O.C21H16F2O.C10H12.C7H4F3N.C6H3Cl2N.C5H10.2Mo/c4*1-12-17(22)10-13-6-2-4-8-15(13)19(12)20-16-9-5-3-7-14(16)11-18(23)21(20)24;1-10(2,3)9-7-5-4-6-8-9;8-7(9,10)5-3-1-2-4-6(5)11;7-4-2-1-3-5(8)6(4)9;1-5(2,3)4;;/h2*10-11,24H,2-9H2,1H3;3,5,7,9-11,24H,2,4,6,8H2,1H3;2,4-6,8-11,24H,3,7H2,1H3;1,4-8H,2-3H3;1-4H;1-3H;1H,2-4H3;;. The quantitative estimate of drug-likeness (QED) is 0.0898. The predicted molar refractivity (Wildman–Crippen MR) is 511 cm³/mol. The summed E-state index contributed by atoms with van der Waals surface area (Å²) in [7, 11) is 0. The second-order valence-electron chi connectivity index (χ2n) is 36.6. The fraction of sp³-hybridized carbons (Fsp3) is 0.304. The normalized spacial score (nSPS) is 14.1. The second kappa shape index (κ2) is 42.8. The second-order valence-corrected chi connectivity index (χ2v) is 40.5. The summed E-state index contributed by atoms with van der Waals surface area (Å²) in [5, 5.41) is 46.2. The number of hydrogen-bond donors (Lipinski definition) is 4. The Balaban J connectivity index is 0.000000129. The van der Waals surface area contributed by atoms with Crippen molar-refractivity contribution < 1.29 is 105 Å². The Kier molecular flexibility index (Phi) is 31.8. The molecule has 0 aromatic heterocycles. The summed E-state index contributed by atoms with van der Waals surface area (Å²) in [4.78, 5) is 0. The molecule has 0 saturated carbocycles. The van der Waals surface area contributed by atoms with Gasteiger partial charge in [0.05, 0.1) is 0 Å². The van der Waals surface area contributed by atoms with Crippen LogP contribution >= 0.6 is 23.2 Å². The molecule has 0 bridgehead atoms. The van der Waals surface area contributed by atoms with Gasteiger partial charge in [-0.15, -0.1) is 0 Å². The molecule has 0 saturated heterocycles. The van der Waals surface area contributed by atoms with Gasteiger partial charge in [0.2, 0.25) is 0 Å². The Hall–Kier alpha value is -10.2. The molecule has 0 amide bonds. The van der Waals surface area contributed by atoms with E-state index in [1.54, 1.807) is 52.0 Å². The van der Waals surface area contributed by atoms with E-state index in [1.807, 2.05) is 109 Å². The summed E-state index contributed by atoms with van der Waals surface area (Å²) in [6.45, 7) is 17.5. The van der Waals surface area contributed by atoms with E-state index in [0.29, 0.717) is 77.5 Å². The number of halogens is 13. The fourth-order valence-corrected chi connectivity index (χ4v) is 23.2. The molecule has 0 heterocycles. The van der Waals surface area contributed by atoms with Gasteiger partial charge in [-0.1, -0.05) is 60.7 Å². The first-order valence-electron chi connectivity index (χ1n) is 45.4.